The van der Waals surface area contributed by atoms with E-state index in [0.29, 0.717) is 5.56 Å². The van der Waals surface area contributed by atoms with E-state index in [1.165, 1.54) is 32.4 Å². The Bertz CT molecular complexity index is 482. The van der Waals surface area contributed by atoms with E-state index in [1.54, 1.807) is 12.1 Å². The molecule has 0 aromatic heterocycles. The molecule has 106 valence electrons. The van der Waals surface area contributed by atoms with E-state index in [0.717, 1.165) is 37.2 Å². The van der Waals surface area contributed by atoms with Gasteiger partial charge in [0.25, 0.3) is 0 Å². The van der Waals surface area contributed by atoms with Gasteiger partial charge >= 0.3 is 0 Å². The number of benzene rings is 1. The number of nitrogens with zero attached hydrogens (tertiary/aromatic N) is 2. The molecule has 0 N–H and O–H groups in total. The standard InChI is InChI=1S/C17H22N2O/c18-11-14-4-1-7-17(10-14)20-9-3-8-19-12-15-5-2-6-16(15)13-19/h1,4,7,10,15-16H,2-3,5-6,8-9,12-13H2. The zero-order valence-corrected chi connectivity index (χ0v) is 11.9. The van der Waals surface area contributed by atoms with Crippen LogP contribution in [0.1, 0.15) is 31.2 Å². The monoisotopic (exact) mass is 270 g/mol. The van der Waals surface area contributed by atoms with Crippen LogP contribution in [0.5, 0.6) is 5.75 Å². The van der Waals surface area contributed by atoms with Crippen LogP contribution in [0.2, 0.25) is 0 Å². The SMILES string of the molecule is N#Cc1cccc(OCCCN2CC3CCCC3C2)c1. The van der Waals surface area contributed by atoms with Crippen LogP contribution in [0.4, 0.5) is 0 Å². The Labute approximate surface area is 121 Å². The number of nitriles is 1. The summed E-state index contributed by atoms with van der Waals surface area (Å²) in [6, 6.07) is 9.53. The number of fused-ring (bicyclic) bond motifs is 1. The number of likely N-dealkylation sites (tertiary alicyclic amines) is 1. The average molecular weight is 270 g/mol. The van der Waals surface area contributed by atoms with Gasteiger partial charge in [0.1, 0.15) is 5.75 Å². The summed E-state index contributed by atoms with van der Waals surface area (Å²) < 4.78 is 5.72. The van der Waals surface area contributed by atoms with E-state index in [2.05, 4.69) is 11.0 Å². The van der Waals surface area contributed by atoms with E-state index in [-0.39, 0.29) is 0 Å². The van der Waals surface area contributed by atoms with E-state index >= 15 is 0 Å². The fraction of sp³-hybridized carbons (Fsp3) is 0.588. The predicted octanol–water partition coefficient (Wildman–Crippen LogP) is 3.06. The van der Waals surface area contributed by atoms with Gasteiger partial charge in [0, 0.05) is 19.6 Å². The minimum atomic E-state index is 0.662. The zero-order valence-electron chi connectivity index (χ0n) is 11.9. The molecule has 3 nitrogen and oxygen atoms in total. The predicted molar refractivity (Wildman–Crippen MR) is 78.5 cm³/mol. The maximum Gasteiger partial charge on any atom is 0.120 e. The van der Waals surface area contributed by atoms with E-state index in [1.807, 2.05) is 12.1 Å². The number of rotatable bonds is 5. The molecule has 20 heavy (non-hydrogen) atoms. The van der Waals surface area contributed by atoms with Crippen molar-refractivity contribution in [3.05, 3.63) is 29.8 Å². The molecule has 2 atom stereocenters. The lowest BCUT2D eigenvalue weighted by Crippen LogP contribution is -2.24. The molecule has 2 unspecified atom stereocenters. The van der Waals surface area contributed by atoms with E-state index < -0.39 is 0 Å². The second-order valence-electron chi connectivity index (χ2n) is 6.05. The molecule has 2 aliphatic rings. The van der Waals surface area contributed by atoms with Gasteiger partial charge in [-0.1, -0.05) is 12.5 Å². The first-order valence-electron chi connectivity index (χ1n) is 7.70. The lowest BCUT2D eigenvalue weighted by atomic mass is 10.0. The highest BCUT2D eigenvalue weighted by molar-refractivity contribution is 5.36. The Balaban J connectivity index is 1.37. The molecule has 1 aliphatic heterocycles. The summed E-state index contributed by atoms with van der Waals surface area (Å²) in [5.41, 5.74) is 0.662. The molecule has 1 heterocycles. The normalized spacial score (nSPS) is 25.4. The van der Waals surface area contributed by atoms with E-state index in [9.17, 15) is 0 Å². The molecule has 3 heteroatoms. The van der Waals surface area contributed by atoms with Crippen molar-refractivity contribution in [1.29, 1.82) is 5.26 Å². The third-order valence-electron chi connectivity index (χ3n) is 4.65. The lowest BCUT2D eigenvalue weighted by molar-refractivity contribution is 0.253. The fourth-order valence-electron chi connectivity index (χ4n) is 3.65. The highest BCUT2D eigenvalue weighted by atomic mass is 16.5. The molecular weight excluding hydrogens is 248 g/mol. The third-order valence-corrected chi connectivity index (χ3v) is 4.65. The van der Waals surface area contributed by atoms with Gasteiger partial charge in [-0.15, -0.1) is 0 Å². The molecular formula is C17H22N2O. The molecule has 1 saturated carbocycles. The zero-order chi connectivity index (χ0) is 13.8. The van der Waals surface area contributed by atoms with E-state index in [4.69, 9.17) is 10.00 Å². The van der Waals surface area contributed by atoms with Crippen LogP contribution in [0.25, 0.3) is 0 Å². The second kappa shape index (κ2) is 6.28. The van der Waals surface area contributed by atoms with Gasteiger partial charge in [0.15, 0.2) is 0 Å². The summed E-state index contributed by atoms with van der Waals surface area (Å²) in [5.74, 6) is 2.76. The molecule has 0 amide bonds. The Hall–Kier alpha value is -1.53. The summed E-state index contributed by atoms with van der Waals surface area (Å²) in [6.07, 6.45) is 5.40. The van der Waals surface area contributed by atoms with Crippen molar-refractivity contribution in [3.8, 4) is 11.8 Å². The summed E-state index contributed by atoms with van der Waals surface area (Å²) in [5, 5.41) is 8.84. The van der Waals surface area contributed by atoms with Gasteiger partial charge in [-0.25, -0.2) is 0 Å². The topological polar surface area (TPSA) is 36.3 Å². The highest BCUT2D eigenvalue weighted by Gasteiger charge is 2.35. The Morgan fingerprint density at radius 2 is 2.05 bits per heavy atom. The second-order valence-corrected chi connectivity index (χ2v) is 6.05. The maximum atomic E-state index is 8.84. The molecule has 2 fully saturated rings. The van der Waals surface area contributed by atoms with Crippen LogP contribution in [-0.2, 0) is 0 Å². The van der Waals surface area contributed by atoms with Crippen molar-refractivity contribution >= 4 is 0 Å². The Morgan fingerprint density at radius 1 is 1.25 bits per heavy atom. The van der Waals surface area contributed by atoms with Crippen molar-refractivity contribution < 1.29 is 4.74 Å². The third kappa shape index (κ3) is 3.13. The quantitative estimate of drug-likeness (QED) is 0.772. The molecule has 1 aromatic carbocycles. The number of ether oxygens (including phenoxy) is 1. The fourth-order valence-corrected chi connectivity index (χ4v) is 3.65. The van der Waals surface area contributed by atoms with Gasteiger partial charge < -0.3 is 9.64 Å². The van der Waals surface area contributed by atoms with Crippen LogP contribution in [0.15, 0.2) is 24.3 Å². The molecule has 0 radical (unpaired) electrons. The van der Waals surface area contributed by atoms with Crippen LogP contribution in [-0.4, -0.2) is 31.1 Å². The first-order chi connectivity index (χ1) is 9.85. The summed E-state index contributed by atoms with van der Waals surface area (Å²) in [6.45, 7) is 4.48. The minimum Gasteiger partial charge on any atom is -0.494 e. The molecule has 0 spiro atoms. The van der Waals surface area contributed by atoms with Crippen molar-refractivity contribution in [2.24, 2.45) is 11.8 Å². The first-order valence-corrected chi connectivity index (χ1v) is 7.70. The summed E-state index contributed by atoms with van der Waals surface area (Å²) >= 11 is 0. The Morgan fingerprint density at radius 3 is 2.80 bits per heavy atom. The van der Waals surface area contributed by atoms with Gasteiger partial charge in [-0.2, -0.15) is 5.26 Å². The van der Waals surface area contributed by atoms with Crippen LogP contribution in [0.3, 0.4) is 0 Å². The summed E-state index contributed by atoms with van der Waals surface area (Å²) in [7, 11) is 0. The van der Waals surface area contributed by atoms with Crippen molar-refractivity contribution in [2.75, 3.05) is 26.2 Å². The van der Waals surface area contributed by atoms with Crippen molar-refractivity contribution in [1.82, 2.24) is 4.90 Å². The molecule has 1 saturated heterocycles. The van der Waals surface area contributed by atoms with Gasteiger partial charge in [0.2, 0.25) is 0 Å². The van der Waals surface area contributed by atoms with Gasteiger partial charge in [-0.3, -0.25) is 0 Å². The van der Waals surface area contributed by atoms with Crippen molar-refractivity contribution in [3.63, 3.8) is 0 Å². The number of hydrogen-bond acceptors (Lipinski definition) is 3. The van der Waals surface area contributed by atoms with Crippen LogP contribution < -0.4 is 4.74 Å². The largest absolute Gasteiger partial charge is 0.494 e. The molecule has 1 aromatic rings. The Kier molecular flexibility index (Phi) is 4.22. The highest BCUT2D eigenvalue weighted by Crippen LogP contribution is 2.37. The lowest BCUT2D eigenvalue weighted by Gasteiger charge is -2.16. The summed E-state index contributed by atoms with van der Waals surface area (Å²) in [4.78, 5) is 2.60. The van der Waals surface area contributed by atoms with Gasteiger partial charge in [-0.05, 0) is 49.3 Å². The smallest absolute Gasteiger partial charge is 0.120 e. The molecule has 1 aliphatic carbocycles. The van der Waals surface area contributed by atoms with Crippen LogP contribution in [0, 0.1) is 23.2 Å². The van der Waals surface area contributed by atoms with Crippen molar-refractivity contribution in [2.45, 2.75) is 25.7 Å². The number of hydrogen-bond donors (Lipinski definition) is 0. The molecule has 0 bridgehead atoms. The minimum absolute atomic E-state index is 0.662. The average Bonchev–Trinajstić information content (AvgIpc) is 3.05. The van der Waals surface area contributed by atoms with Crippen LogP contribution >= 0.6 is 0 Å². The molecule has 3 rings (SSSR count). The first kappa shape index (κ1) is 13.5. The maximum absolute atomic E-state index is 8.84. The van der Waals surface area contributed by atoms with Gasteiger partial charge in [0.05, 0.1) is 18.2 Å².